The summed E-state index contributed by atoms with van der Waals surface area (Å²) in [5.41, 5.74) is 3.88. The molecule has 1 amide bonds. The maximum Gasteiger partial charge on any atom is 0.244 e. The summed E-state index contributed by atoms with van der Waals surface area (Å²) in [7, 11) is 3.91. The molecule has 0 fully saturated rings. The molecule has 44 heavy (non-hydrogen) atoms. The summed E-state index contributed by atoms with van der Waals surface area (Å²) in [6, 6.07) is 11.3. The lowest BCUT2D eigenvalue weighted by Crippen LogP contribution is -2.45. The molecule has 6 rings (SSSR count). The number of likely N-dealkylation sites (N-methyl/N-ethyl adjacent to an activating group) is 2. The van der Waals surface area contributed by atoms with Gasteiger partial charge >= 0.3 is 0 Å². The minimum Gasteiger partial charge on any atom is -0.487 e. The van der Waals surface area contributed by atoms with Gasteiger partial charge in [-0.1, -0.05) is 6.08 Å². The van der Waals surface area contributed by atoms with Gasteiger partial charge in [0.05, 0.1) is 11.6 Å². The molecular formula is C32H35N9O3. The van der Waals surface area contributed by atoms with Crippen LogP contribution in [0.25, 0.3) is 16.7 Å². The molecule has 0 aliphatic carbocycles. The Kier molecular flexibility index (Phi) is 8.24. The highest BCUT2D eigenvalue weighted by Crippen LogP contribution is 2.35. The number of pyridine rings is 2. The highest BCUT2D eigenvalue weighted by Gasteiger charge is 2.26. The highest BCUT2D eigenvalue weighted by atomic mass is 16.5. The molecule has 12 nitrogen and oxygen atoms in total. The van der Waals surface area contributed by atoms with Crippen molar-refractivity contribution in [2.75, 3.05) is 50.6 Å². The summed E-state index contributed by atoms with van der Waals surface area (Å²) in [5, 5.41) is 6.46. The van der Waals surface area contributed by atoms with Gasteiger partial charge in [0.1, 0.15) is 35.6 Å². The van der Waals surface area contributed by atoms with Crippen molar-refractivity contribution in [2.45, 2.75) is 19.9 Å². The average molecular weight is 594 g/mol. The largest absolute Gasteiger partial charge is 0.487 e. The van der Waals surface area contributed by atoms with E-state index in [1.54, 1.807) is 12.3 Å². The molecule has 1 unspecified atom stereocenters. The van der Waals surface area contributed by atoms with Gasteiger partial charge in [-0.2, -0.15) is 0 Å². The number of hydrogen-bond donors (Lipinski definition) is 2. The maximum absolute atomic E-state index is 12.5. The Hall–Kier alpha value is -5.23. The van der Waals surface area contributed by atoms with Gasteiger partial charge in [-0.25, -0.2) is 19.9 Å². The summed E-state index contributed by atoms with van der Waals surface area (Å²) in [6.45, 7) is 6.30. The summed E-state index contributed by atoms with van der Waals surface area (Å²) in [6.07, 6.45) is 10.5. The van der Waals surface area contributed by atoms with Crippen molar-refractivity contribution in [3.8, 4) is 17.2 Å². The van der Waals surface area contributed by atoms with E-state index in [4.69, 9.17) is 14.5 Å². The van der Waals surface area contributed by atoms with Crippen LogP contribution in [-0.2, 0) is 4.79 Å². The molecule has 2 N–H and O–H groups in total. The Morgan fingerprint density at radius 3 is 2.86 bits per heavy atom. The molecule has 0 saturated heterocycles. The fourth-order valence-electron chi connectivity index (χ4n) is 5.02. The number of anilines is 3. The molecule has 12 heteroatoms. The number of imidazole rings is 1. The first-order valence-corrected chi connectivity index (χ1v) is 14.5. The topological polar surface area (TPSA) is 122 Å². The number of carbonyl (C=O) groups is 1. The summed E-state index contributed by atoms with van der Waals surface area (Å²) < 4.78 is 14.2. The predicted molar refractivity (Wildman–Crippen MR) is 170 cm³/mol. The van der Waals surface area contributed by atoms with E-state index in [1.165, 1.54) is 6.33 Å². The van der Waals surface area contributed by atoms with Gasteiger partial charge in [-0.15, -0.1) is 0 Å². The average Bonchev–Trinajstić information content (AvgIpc) is 3.40. The van der Waals surface area contributed by atoms with Gasteiger partial charge in [0.2, 0.25) is 5.91 Å². The van der Waals surface area contributed by atoms with E-state index >= 15 is 0 Å². The van der Waals surface area contributed by atoms with Crippen molar-refractivity contribution >= 4 is 39.9 Å². The predicted octanol–water partition coefficient (Wildman–Crippen LogP) is 4.34. The van der Waals surface area contributed by atoms with Gasteiger partial charge in [-0.3, -0.25) is 4.79 Å². The van der Waals surface area contributed by atoms with Crippen molar-refractivity contribution in [3.05, 3.63) is 79.0 Å². The van der Waals surface area contributed by atoms with Crippen LogP contribution in [-0.4, -0.2) is 81.5 Å². The summed E-state index contributed by atoms with van der Waals surface area (Å²) in [5.74, 6) is 3.19. The third kappa shape index (κ3) is 6.40. The zero-order valence-corrected chi connectivity index (χ0v) is 25.2. The molecule has 0 spiro atoms. The third-order valence-electron chi connectivity index (χ3n) is 7.24. The van der Waals surface area contributed by atoms with Crippen LogP contribution >= 0.6 is 0 Å². The van der Waals surface area contributed by atoms with E-state index in [0.717, 1.165) is 22.6 Å². The Balaban J connectivity index is 1.20. The summed E-state index contributed by atoms with van der Waals surface area (Å²) >= 11 is 0. The van der Waals surface area contributed by atoms with E-state index in [1.807, 2.05) is 85.2 Å². The second kappa shape index (κ2) is 12.6. The monoisotopic (exact) mass is 593 g/mol. The fourth-order valence-corrected chi connectivity index (χ4v) is 5.02. The third-order valence-corrected chi connectivity index (χ3v) is 7.24. The number of benzene rings is 1. The molecule has 1 atom stereocenters. The minimum atomic E-state index is -0.210. The number of rotatable bonds is 9. The molecule has 1 aliphatic heterocycles. The van der Waals surface area contributed by atoms with Crippen molar-refractivity contribution in [1.29, 1.82) is 0 Å². The van der Waals surface area contributed by atoms with Crippen LogP contribution in [0.3, 0.4) is 0 Å². The zero-order valence-electron chi connectivity index (χ0n) is 25.2. The van der Waals surface area contributed by atoms with Crippen molar-refractivity contribution in [3.63, 3.8) is 0 Å². The van der Waals surface area contributed by atoms with Crippen LogP contribution in [0, 0.1) is 6.92 Å². The highest BCUT2D eigenvalue weighted by molar-refractivity contribution is 5.90. The molecule has 0 saturated carbocycles. The summed E-state index contributed by atoms with van der Waals surface area (Å²) in [4.78, 5) is 34.9. The van der Waals surface area contributed by atoms with Gasteiger partial charge in [-0.05, 0) is 57.8 Å². The lowest BCUT2D eigenvalue weighted by atomic mass is 10.2. The van der Waals surface area contributed by atoms with Crippen LogP contribution in [0.2, 0.25) is 0 Å². The van der Waals surface area contributed by atoms with Crippen LogP contribution < -0.4 is 25.0 Å². The standard InChI is InChI=1S/C32H35N9O3/c1-5-40-18-23(36-29(42)7-6-12-39(3)4)19-43-27-17-25-30(38-32(27)40)31(35-20-34-25)37-22-8-9-26(21(2)15-22)44-24-10-13-41-14-11-33-28(41)16-24/h6-11,13-17,20,23H,5,12,18-19H2,1-4H3,(H,36,42)(H,34,35,37)/b7-6+. The first-order chi connectivity index (χ1) is 21.4. The van der Waals surface area contributed by atoms with Crippen molar-refractivity contribution < 1.29 is 14.3 Å². The number of aromatic nitrogens is 5. The second-order valence-electron chi connectivity index (χ2n) is 10.9. The van der Waals surface area contributed by atoms with E-state index < -0.39 is 0 Å². The van der Waals surface area contributed by atoms with E-state index in [2.05, 4.69) is 37.4 Å². The second-order valence-corrected chi connectivity index (χ2v) is 10.9. The van der Waals surface area contributed by atoms with Crippen molar-refractivity contribution in [1.82, 2.24) is 34.6 Å². The van der Waals surface area contributed by atoms with Gasteiger partial charge < -0.3 is 34.3 Å². The van der Waals surface area contributed by atoms with Crippen LogP contribution in [0.4, 0.5) is 17.3 Å². The first-order valence-electron chi connectivity index (χ1n) is 14.5. The molecule has 5 aromatic rings. The quantitative estimate of drug-likeness (QED) is 0.239. The lowest BCUT2D eigenvalue weighted by Gasteiger charge is -2.24. The van der Waals surface area contributed by atoms with Gasteiger partial charge in [0, 0.05) is 62.1 Å². The normalized spacial score (nSPS) is 14.9. The Morgan fingerprint density at radius 2 is 2.05 bits per heavy atom. The Labute approximate surface area is 255 Å². The Bertz CT molecular complexity index is 1840. The fraction of sp³-hybridized carbons (Fsp3) is 0.281. The molecule has 0 bridgehead atoms. The van der Waals surface area contributed by atoms with E-state index in [0.29, 0.717) is 60.4 Å². The smallest absolute Gasteiger partial charge is 0.244 e. The zero-order chi connectivity index (χ0) is 30.6. The molecule has 0 radical (unpaired) electrons. The van der Waals surface area contributed by atoms with Crippen LogP contribution in [0.1, 0.15) is 12.5 Å². The number of fused-ring (bicyclic) bond motifs is 3. The number of nitrogens with one attached hydrogen (secondary N) is 2. The van der Waals surface area contributed by atoms with Crippen LogP contribution in [0.5, 0.6) is 17.2 Å². The SMILES string of the molecule is CCN1CC(NC(=O)/C=C/CN(C)C)COc2cc3ncnc(Nc4ccc(Oc5ccn6ccnc6c5)c(C)c4)c3nc21. The number of ether oxygens (including phenoxy) is 2. The lowest BCUT2D eigenvalue weighted by molar-refractivity contribution is -0.117. The Morgan fingerprint density at radius 1 is 1.16 bits per heavy atom. The molecule has 1 aromatic carbocycles. The van der Waals surface area contributed by atoms with Crippen LogP contribution in [0.15, 0.2) is 73.5 Å². The van der Waals surface area contributed by atoms with Gasteiger partial charge in [0.15, 0.2) is 17.4 Å². The number of carbonyl (C=O) groups excluding carboxylic acids is 1. The molecular weight excluding hydrogens is 558 g/mol. The van der Waals surface area contributed by atoms with Gasteiger partial charge in [0.25, 0.3) is 0 Å². The number of nitrogens with zero attached hydrogens (tertiary/aromatic N) is 7. The first kappa shape index (κ1) is 28.9. The molecule has 226 valence electrons. The maximum atomic E-state index is 12.5. The van der Waals surface area contributed by atoms with E-state index in [9.17, 15) is 4.79 Å². The molecule has 5 heterocycles. The number of hydrogen-bond acceptors (Lipinski definition) is 10. The number of aryl methyl sites for hydroxylation is 1. The van der Waals surface area contributed by atoms with E-state index in [-0.39, 0.29) is 11.9 Å². The molecule has 4 aromatic heterocycles. The van der Waals surface area contributed by atoms with Crippen molar-refractivity contribution in [2.24, 2.45) is 0 Å². The number of amides is 1. The minimum absolute atomic E-state index is 0.149. The molecule has 1 aliphatic rings.